The molecule has 3 aromatic rings. The van der Waals surface area contributed by atoms with E-state index in [1.165, 1.54) is 5.69 Å². The first-order chi connectivity index (χ1) is 15.7. The molecule has 0 radical (unpaired) electrons. The van der Waals surface area contributed by atoms with Crippen LogP contribution in [0.15, 0.2) is 48.8 Å². The van der Waals surface area contributed by atoms with Gasteiger partial charge in [-0.15, -0.1) is 0 Å². The minimum absolute atomic E-state index is 0.264. The Kier molecular flexibility index (Phi) is 5.45. The maximum Gasteiger partial charge on any atom is 0.231 e. The van der Waals surface area contributed by atoms with Gasteiger partial charge in [0, 0.05) is 38.4 Å². The Balaban J connectivity index is 1.22. The number of nitrogens with zero attached hydrogens (tertiary/aromatic N) is 4. The minimum atomic E-state index is 0.264. The molecule has 9 heteroatoms. The van der Waals surface area contributed by atoms with Gasteiger partial charge in [0.15, 0.2) is 23.1 Å². The number of anilines is 4. The van der Waals surface area contributed by atoms with Crippen molar-refractivity contribution in [3.05, 3.63) is 54.4 Å². The summed E-state index contributed by atoms with van der Waals surface area (Å²) in [5, 5.41) is 3.32. The zero-order chi connectivity index (χ0) is 21.9. The summed E-state index contributed by atoms with van der Waals surface area (Å²) in [6.45, 7) is 4.26. The van der Waals surface area contributed by atoms with Gasteiger partial charge in [0.25, 0.3) is 0 Å². The molecule has 0 amide bonds. The van der Waals surface area contributed by atoms with Crippen LogP contribution in [0.25, 0.3) is 0 Å². The summed E-state index contributed by atoms with van der Waals surface area (Å²) < 4.78 is 16.1. The molecule has 2 aliphatic heterocycles. The molecule has 0 unspecified atom stereocenters. The Morgan fingerprint density at radius 3 is 2.50 bits per heavy atom. The quantitative estimate of drug-likeness (QED) is 0.607. The van der Waals surface area contributed by atoms with E-state index in [0.717, 1.165) is 54.8 Å². The first kappa shape index (κ1) is 20.0. The van der Waals surface area contributed by atoms with Gasteiger partial charge < -0.3 is 35.1 Å². The molecule has 0 atom stereocenters. The second-order valence-corrected chi connectivity index (χ2v) is 7.67. The van der Waals surface area contributed by atoms with Crippen LogP contribution in [-0.2, 0) is 6.54 Å². The van der Waals surface area contributed by atoms with E-state index in [1.54, 1.807) is 13.4 Å². The second kappa shape index (κ2) is 8.70. The fourth-order valence-electron chi connectivity index (χ4n) is 3.99. The smallest absolute Gasteiger partial charge is 0.231 e. The number of hydrogen-bond acceptors (Lipinski definition) is 9. The molecule has 0 spiro atoms. The van der Waals surface area contributed by atoms with Crippen LogP contribution in [0.5, 0.6) is 17.2 Å². The third kappa shape index (κ3) is 4.01. The lowest BCUT2D eigenvalue weighted by atomic mass is 10.2. The number of benzene rings is 2. The summed E-state index contributed by atoms with van der Waals surface area (Å²) in [5.74, 6) is 3.79. The van der Waals surface area contributed by atoms with Crippen LogP contribution in [0.2, 0.25) is 0 Å². The van der Waals surface area contributed by atoms with Crippen LogP contribution in [0.4, 0.5) is 23.0 Å². The van der Waals surface area contributed by atoms with E-state index < -0.39 is 0 Å². The SMILES string of the molecule is COc1ccc(N2CCN(c3ncnc(NCc4ccc5c(c4)OCO5)c3N)CC2)cc1. The van der Waals surface area contributed by atoms with Gasteiger partial charge in [0.05, 0.1) is 7.11 Å². The summed E-state index contributed by atoms with van der Waals surface area (Å²) in [5.41, 5.74) is 9.25. The lowest BCUT2D eigenvalue weighted by Crippen LogP contribution is -2.47. The maximum absolute atomic E-state index is 6.44. The van der Waals surface area contributed by atoms with Gasteiger partial charge in [-0.05, 0) is 42.0 Å². The third-order valence-electron chi connectivity index (χ3n) is 5.78. The molecule has 166 valence electrons. The Morgan fingerprint density at radius 2 is 1.72 bits per heavy atom. The molecule has 3 N–H and O–H groups in total. The summed E-state index contributed by atoms with van der Waals surface area (Å²) in [6.07, 6.45) is 1.56. The fourth-order valence-corrected chi connectivity index (χ4v) is 3.99. The van der Waals surface area contributed by atoms with Crippen LogP contribution in [0.1, 0.15) is 5.56 Å². The van der Waals surface area contributed by atoms with E-state index in [1.807, 2.05) is 30.3 Å². The van der Waals surface area contributed by atoms with Crippen LogP contribution < -0.4 is 35.1 Å². The Morgan fingerprint density at radius 1 is 0.969 bits per heavy atom. The molecule has 1 aromatic heterocycles. The topological polar surface area (TPSA) is 98.0 Å². The van der Waals surface area contributed by atoms with Gasteiger partial charge in [-0.3, -0.25) is 0 Å². The van der Waals surface area contributed by atoms with E-state index in [4.69, 9.17) is 19.9 Å². The molecule has 0 aliphatic carbocycles. The maximum atomic E-state index is 6.44. The van der Waals surface area contributed by atoms with Crippen molar-refractivity contribution in [2.75, 3.05) is 60.9 Å². The standard InChI is InChI=1S/C23H26N6O3/c1-30-18-5-3-17(4-6-18)28-8-10-29(11-9-28)23-21(24)22(26-14-27-23)25-13-16-2-7-19-20(12-16)32-15-31-19/h2-7,12,14H,8-11,13,15,24H2,1H3,(H,25,26,27). The number of fused-ring (bicyclic) bond motifs is 1. The van der Waals surface area contributed by atoms with Gasteiger partial charge in [-0.2, -0.15) is 0 Å². The Bertz CT molecular complexity index is 1080. The first-order valence-electron chi connectivity index (χ1n) is 10.6. The Hall–Kier alpha value is -3.88. The number of methoxy groups -OCH3 is 1. The summed E-state index contributed by atoms with van der Waals surface area (Å²) in [6, 6.07) is 14.0. The average molecular weight is 435 g/mol. The van der Waals surface area contributed by atoms with Gasteiger partial charge in [-0.1, -0.05) is 6.07 Å². The predicted octanol–water partition coefficient (Wildman–Crippen LogP) is 2.73. The number of hydrogen-bond donors (Lipinski definition) is 2. The van der Waals surface area contributed by atoms with Crippen LogP contribution in [-0.4, -0.2) is 50.0 Å². The number of nitrogen functional groups attached to an aromatic ring is 1. The molecular formula is C23H26N6O3. The van der Waals surface area contributed by atoms with Crippen molar-refractivity contribution in [2.45, 2.75) is 6.54 Å². The van der Waals surface area contributed by atoms with E-state index in [-0.39, 0.29) is 6.79 Å². The summed E-state index contributed by atoms with van der Waals surface area (Å²) in [4.78, 5) is 13.4. The molecule has 2 aliphatic rings. The van der Waals surface area contributed by atoms with Crippen molar-refractivity contribution in [2.24, 2.45) is 0 Å². The minimum Gasteiger partial charge on any atom is -0.497 e. The zero-order valence-electron chi connectivity index (χ0n) is 18.0. The number of rotatable bonds is 6. The lowest BCUT2D eigenvalue weighted by molar-refractivity contribution is 0.174. The average Bonchev–Trinajstić information content (AvgIpc) is 3.32. The van der Waals surface area contributed by atoms with Crippen molar-refractivity contribution in [3.8, 4) is 17.2 Å². The molecule has 2 aromatic carbocycles. The van der Waals surface area contributed by atoms with E-state index >= 15 is 0 Å². The first-order valence-corrected chi connectivity index (χ1v) is 10.6. The highest BCUT2D eigenvalue weighted by molar-refractivity contribution is 5.75. The van der Waals surface area contributed by atoms with E-state index in [2.05, 4.69) is 37.2 Å². The van der Waals surface area contributed by atoms with Crippen molar-refractivity contribution >= 4 is 23.0 Å². The monoisotopic (exact) mass is 434 g/mol. The molecule has 5 rings (SSSR count). The van der Waals surface area contributed by atoms with Crippen molar-refractivity contribution in [3.63, 3.8) is 0 Å². The molecule has 0 saturated carbocycles. The van der Waals surface area contributed by atoms with Gasteiger partial charge in [-0.25, -0.2) is 9.97 Å². The number of aromatic nitrogens is 2. The van der Waals surface area contributed by atoms with Crippen LogP contribution in [0.3, 0.4) is 0 Å². The number of nitrogens with one attached hydrogen (secondary N) is 1. The normalized spacial score (nSPS) is 15.0. The van der Waals surface area contributed by atoms with Crippen molar-refractivity contribution in [1.82, 2.24) is 9.97 Å². The highest BCUT2D eigenvalue weighted by Gasteiger charge is 2.22. The molecule has 1 saturated heterocycles. The third-order valence-corrected chi connectivity index (χ3v) is 5.78. The van der Waals surface area contributed by atoms with Crippen molar-refractivity contribution in [1.29, 1.82) is 0 Å². The molecule has 32 heavy (non-hydrogen) atoms. The fraction of sp³-hybridized carbons (Fsp3) is 0.304. The molecule has 3 heterocycles. The number of ether oxygens (including phenoxy) is 3. The van der Waals surface area contributed by atoms with Gasteiger partial charge >= 0.3 is 0 Å². The van der Waals surface area contributed by atoms with E-state index in [0.29, 0.717) is 18.1 Å². The number of piperazine rings is 1. The zero-order valence-corrected chi connectivity index (χ0v) is 18.0. The lowest BCUT2D eigenvalue weighted by Gasteiger charge is -2.37. The molecule has 0 bridgehead atoms. The molecule has 9 nitrogen and oxygen atoms in total. The highest BCUT2D eigenvalue weighted by Crippen LogP contribution is 2.33. The van der Waals surface area contributed by atoms with Crippen molar-refractivity contribution < 1.29 is 14.2 Å². The second-order valence-electron chi connectivity index (χ2n) is 7.67. The van der Waals surface area contributed by atoms with Gasteiger partial charge in [0.1, 0.15) is 17.8 Å². The largest absolute Gasteiger partial charge is 0.497 e. The van der Waals surface area contributed by atoms with Crippen LogP contribution >= 0.6 is 0 Å². The Labute approximate surface area is 186 Å². The molecule has 1 fully saturated rings. The highest BCUT2D eigenvalue weighted by atomic mass is 16.7. The predicted molar refractivity (Wildman–Crippen MR) is 124 cm³/mol. The number of nitrogens with two attached hydrogens (primary N) is 1. The summed E-state index contributed by atoms with van der Waals surface area (Å²) >= 11 is 0. The van der Waals surface area contributed by atoms with E-state index in [9.17, 15) is 0 Å². The molecular weight excluding hydrogens is 408 g/mol. The van der Waals surface area contributed by atoms with Crippen LogP contribution in [0, 0.1) is 0 Å². The van der Waals surface area contributed by atoms with Gasteiger partial charge in [0.2, 0.25) is 6.79 Å². The summed E-state index contributed by atoms with van der Waals surface area (Å²) in [7, 11) is 1.68.